The molecule has 0 spiro atoms. The number of halogens is 2. The van der Waals surface area contributed by atoms with Crippen LogP contribution in [0.1, 0.15) is 9.67 Å². The summed E-state index contributed by atoms with van der Waals surface area (Å²) in [5.74, 6) is -1.85. The van der Waals surface area contributed by atoms with Crippen LogP contribution in [0.3, 0.4) is 0 Å². The summed E-state index contributed by atoms with van der Waals surface area (Å²) in [6.45, 7) is 0. The Hall–Kier alpha value is -1.45. The Bertz CT molecular complexity index is 772. The monoisotopic (exact) mass is 379 g/mol. The smallest absolute Gasteiger partial charge is 0.347 e. The first-order valence-electron chi connectivity index (χ1n) is 5.10. The number of carboxylic acids is 1. The molecule has 2 aromatic rings. The van der Waals surface area contributed by atoms with Crippen LogP contribution >= 0.6 is 27.3 Å². The van der Waals surface area contributed by atoms with E-state index in [2.05, 4.69) is 20.7 Å². The Balaban J connectivity index is 2.41. The van der Waals surface area contributed by atoms with E-state index in [-0.39, 0.29) is 19.9 Å². The Kier molecular flexibility index (Phi) is 4.11. The summed E-state index contributed by atoms with van der Waals surface area (Å²) in [7, 11) is -4.05. The Morgan fingerprint density at radius 3 is 2.65 bits per heavy atom. The number of carboxylic acid groups (broad SMARTS) is 1. The largest absolute Gasteiger partial charge is 0.477 e. The van der Waals surface area contributed by atoms with Crippen molar-refractivity contribution in [2.24, 2.45) is 0 Å². The zero-order valence-corrected chi connectivity index (χ0v) is 12.9. The molecule has 2 rings (SSSR count). The molecule has 0 aliphatic carbocycles. The molecule has 0 aliphatic rings. The fourth-order valence-electron chi connectivity index (χ4n) is 1.44. The lowest BCUT2D eigenvalue weighted by Crippen LogP contribution is -2.15. The van der Waals surface area contributed by atoms with Gasteiger partial charge in [-0.05, 0) is 45.6 Å². The molecule has 0 aliphatic heterocycles. The SMILES string of the molecule is O=C(O)c1sccc1S(=O)(=O)Nc1ccc(F)cc1Br. The molecule has 1 aromatic heterocycles. The first-order chi connectivity index (χ1) is 9.31. The van der Waals surface area contributed by atoms with Crippen molar-refractivity contribution in [1.29, 1.82) is 0 Å². The first kappa shape index (κ1) is 14.9. The third kappa shape index (κ3) is 3.00. The molecular formula is C11H7BrFNO4S2. The predicted octanol–water partition coefficient (Wildman–Crippen LogP) is 3.15. The highest BCUT2D eigenvalue weighted by atomic mass is 79.9. The lowest BCUT2D eigenvalue weighted by molar-refractivity contribution is 0.0698. The Morgan fingerprint density at radius 2 is 2.05 bits per heavy atom. The van der Waals surface area contributed by atoms with Crippen molar-refractivity contribution in [3.8, 4) is 0 Å². The normalized spacial score (nSPS) is 11.3. The lowest BCUT2D eigenvalue weighted by Gasteiger charge is -2.09. The summed E-state index contributed by atoms with van der Waals surface area (Å²) in [5, 5.41) is 10.3. The van der Waals surface area contributed by atoms with E-state index in [9.17, 15) is 17.6 Å². The number of hydrogen-bond donors (Lipinski definition) is 2. The van der Waals surface area contributed by atoms with Crippen LogP contribution in [0.2, 0.25) is 0 Å². The van der Waals surface area contributed by atoms with E-state index in [4.69, 9.17) is 5.11 Å². The second kappa shape index (κ2) is 5.51. The lowest BCUT2D eigenvalue weighted by atomic mass is 10.3. The molecule has 0 saturated carbocycles. The minimum atomic E-state index is -4.05. The molecule has 0 unspecified atom stereocenters. The second-order valence-electron chi connectivity index (χ2n) is 3.65. The zero-order chi connectivity index (χ0) is 14.9. The summed E-state index contributed by atoms with van der Waals surface area (Å²) in [4.78, 5) is 10.3. The van der Waals surface area contributed by atoms with Crippen molar-refractivity contribution in [3.05, 3.63) is 44.8 Å². The highest BCUT2D eigenvalue weighted by Crippen LogP contribution is 2.28. The number of benzene rings is 1. The summed E-state index contributed by atoms with van der Waals surface area (Å²) >= 11 is 3.84. The molecule has 1 heterocycles. The van der Waals surface area contributed by atoms with Gasteiger partial charge in [-0.3, -0.25) is 4.72 Å². The van der Waals surface area contributed by atoms with E-state index in [0.29, 0.717) is 0 Å². The maximum atomic E-state index is 12.9. The molecule has 0 amide bonds. The van der Waals surface area contributed by atoms with E-state index >= 15 is 0 Å². The number of hydrogen-bond acceptors (Lipinski definition) is 4. The van der Waals surface area contributed by atoms with Gasteiger partial charge in [0.2, 0.25) is 0 Å². The van der Waals surface area contributed by atoms with Gasteiger partial charge in [-0.2, -0.15) is 0 Å². The van der Waals surface area contributed by atoms with Gasteiger partial charge in [0.15, 0.2) is 0 Å². The van der Waals surface area contributed by atoms with Crippen LogP contribution in [0, 0.1) is 5.82 Å². The number of anilines is 1. The van der Waals surface area contributed by atoms with Crippen molar-refractivity contribution < 1.29 is 22.7 Å². The number of sulfonamides is 1. The minimum absolute atomic E-state index is 0.119. The number of carbonyl (C=O) groups is 1. The van der Waals surface area contributed by atoms with E-state index in [1.54, 1.807) is 0 Å². The van der Waals surface area contributed by atoms with E-state index in [1.165, 1.54) is 17.5 Å². The van der Waals surface area contributed by atoms with Crippen molar-refractivity contribution >= 4 is 48.9 Å². The summed E-state index contributed by atoms with van der Waals surface area (Å²) in [5.41, 5.74) is 0.119. The molecule has 0 bridgehead atoms. The van der Waals surface area contributed by atoms with Gasteiger partial charge in [-0.25, -0.2) is 17.6 Å². The molecule has 1 aromatic carbocycles. The van der Waals surface area contributed by atoms with Gasteiger partial charge in [-0.1, -0.05) is 0 Å². The Morgan fingerprint density at radius 1 is 1.35 bits per heavy atom. The van der Waals surface area contributed by atoms with Crippen LogP contribution in [0.5, 0.6) is 0 Å². The molecule has 106 valence electrons. The zero-order valence-electron chi connectivity index (χ0n) is 9.63. The Labute approximate surface area is 126 Å². The van der Waals surface area contributed by atoms with Crippen LogP contribution in [0.25, 0.3) is 0 Å². The van der Waals surface area contributed by atoms with Gasteiger partial charge in [0.05, 0.1) is 5.69 Å². The van der Waals surface area contributed by atoms with Crippen molar-refractivity contribution in [3.63, 3.8) is 0 Å². The van der Waals surface area contributed by atoms with E-state index < -0.39 is 21.8 Å². The summed E-state index contributed by atoms with van der Waals surface area (Å²) in [6, 6.07) is 4.63. The molecule has 9 heteroatoms. The van der Waals surface area contributed by atoms with Gasteiger partial charge in [0.25, 0.3) is 10.0 Å². The topological polar surface area (TPSA) is 83.5 Å². The van der Waals surface area contributed by atoms with Crippen LogP contribution in [0.4, 0.5) is 10.1 Å². The molecule has 2 N–H and O–H groups in total. The fraction of sp³-hybridized carbons (Fsp3) is 0. The molecule has 0 radical (unpaired) electrons. The van der Waals surface area contributed by atoms with Crippen molar-refractivity contribution in [2.75, 3.05) is 4.72 Å². The van der Waals surface area contributed by atoms with Gasteiger partial charge in [0.1, 0.15) is 15.6 Å². The fourth-order valence-corrected chi connectivity index (χ4v) is 4.36. The molecule has 0 fully saturated rings. The quantitative estimate of drug-likeness (QED) is 0.854. The minimum Gasteiger partial charge on any atom is -0.477 e. The molecule has 20 heavy (non-hydrogen) atoms. The first-order valence-corrected chi connectivity index (χ1v) is 8.25. The predicted molar refractivity (Wildman–Crippen MR) is 76.2 cm³/mol. The van der Waals surface area contributed by atoms with Crippen molar-refractivity contribution in [1.82, 2.24) is 0 Å². The van der Waals surface area contributed by atoms with Gasteiger partial charge in [-0.15, -0.1) is 11.3 Å². The number of rotatable bonds is 4. The highest BCUT2D eigenvalue weighted by molar-refractivity contribution is 9.10. The second-order valence-corrected chi connectivity index (χ2v) is 7.07. The van der Waals surface area contributed by atoms with Gasteiger partial charge in [0, 0.05) is 4.47 Å². The molecular weight excluding hydrogens is 373 g/mol. The summed E-state index contributed by atoms with van der Waals surface area (Å²) < 4.78 is 39.7. The average molecular weight is 380 g/mol. The standard InChI is InChI=1S/C11H7BrFNO4S2/c12-7-5-6(13)1-2-8(7)14-20(17,18)9-3-4-19-10(9)11(15)16/h1-5,14H,(H,15,16). The summed E-state index contributed by atoms with van der Waals surface area (Å²) in [6.07, 6.45) is 0. The van der Waals surface area contributed by atoms with E-state index in [1.807, 2.05) is 0 Å². The van der Waals surface area contributed by atoms with Gasteiger partial charge >= 0.3 is 5.97 Å². The maximum Gasteiger partial charge on any atom is 0.347 e. The highest BCUT2D eigenvalue weighted by Gasteiger charge is 2.24. The number of thiophene rings is 1. The van der Waals surface area contributed by atoms with Crippen LogP contribution in [-0.2, 0) is 10.0 Å². The van der Waals surface area contributed by atoms with Crippen molar-refractivity contribution in [2.45, 2.75) is 4.90 Å². The molecule has 5 nitrogen and oxygen atoms in total. The van der Waals surface area contributed by atoms with Crippen LogP contribution < -0.4 is 4.72 Å². The average Bonchev–Trinajstić information content (AvgIpc) is 2.82. The van der Waals surface area contributed by atoms with Gasteiger partial charge < -0.3 is 5.11 Å². The third-order valence-electron chi connectivity index (χ3n) is 2.29. The van der Waals surface area contributed by atoms with Crippen LogP contribution in [-0.4, -0.2) is 19.5 Å². The molecule has 0 atom stereocenters. The molecule has 0 saturated heterocycles. The van der Waals surface area contributed by atoms with E-state index in [0.717, 1.165) is 23.5 Å². The number of aromatic carboxylic acids is 1. The maximum absolute atomic E-state index is 12.9. The number of nitrogens with one attached hydrogen (secondary N) is 1. The van der Waals surface area contributed by atoms with Crippen LogP contribution in [0.15, 0.2) is 39.0 Å². The third-order valence-corrected chi connectivity index (χ3v) is 5.38.